The summed E-state index contributed by atoms with van der Waals surface area (Å²) in [7, 11) is -2.27. The molecule has 0 unspecified atom stereocenters. The van der Waals surface area contributed by atoms with Crippen LogP contribution < -0.4 is 11.1 Å². The van der Waals surface area contributed by atoms with E-state index < -0.39 is 34.2 Å². The highest BCUT2D eigenvalue weighted by Gasteiger charge is 2.54. The number of β-lactam (4-membered cyclic amide) rings is 1. The molecule has 2 amide bonds. The summed E-state index contributed by atoms with van der Waals surface area (Å²) in [6.07, 6.45) is 0. The van der Waals surface area contributed by atoms with Crippen LogP contribution in [0.25, 0.3) is 0 Å². The first-order valence-electron chi connectivity index (χ1n) is 6.63. The van der Waals surface area contributed by atoms with Gasteiger partial charge in [0.25, 0.3) is 11.8 Å². The van der Waals surface area contributed by atoms with Crippen LogP contribution in [0.4, 0.5) is 5.13 Å². The van der Waals surface area contributed by atoms with Crippen LogP contribution in [0.15, 0.2) is 10.5 Å². The lowest BCUT2D eigenvalue weighted by molar-refractivity contribution is -0.147. The number of amides is 2. The maximum Gasteiger partial charge on any atom is 0.362 e. The molecule has 138 valence electrons. The summed E-state index contributed by atoms with van der Waals surface area (Å²) in [4.78, 5) is 32.8. The van der Waals surface area contributed by atoms with E-state index in [1.54, 1.807) is 0 Å². The zero-order valence-corrected chi connectivity index (χ0v) is 14.7. The zero-order valence-electron chi connectivity index (χ0n) is 13.1. The van der Waals surface area contributed by atoms with Crippen molar-refractivity contribution in [1.29, 1.82) is 0 Å². The summed E-state index contributed by atoms with van der Waals surface area (Å²) >= 11 is 1.07. The van der Waals surface area contributed by atoms with Gasteiger partial charge in [-0.3, -0.25) is 14.1 Å². The number of thiazole rings is 1. The predicted molar refractivity (Wildman–Crippen MR) is 86.1 cm³/mol. The second-order valence-electron chi connectivity index (χ2n) is 4.78. The molecule has 4 N–H and O–H groups in total. The van der Waals surface area contributed by atoms with Crippen LogP contribution in [0.3, 0.4) is 0 Å². The number of nitrogens with two attached hydrogens (primary N) is 1. The number of hydrogen-bond acceptors (Lipinski definition) is 10. The molecule has 0 saturated carbocycles. The Kier molecular flexibility index (Phi) is 5.56. The van der Waals surface area contributed by atoms with Gasteiger partial charge in [0.15, 0.2) is 10.8 Å². The molecule has 0 bridgehead atoms. The number of ether oxygens (including phenoxy) is 1. The summed E-state index contributed by atoms with van der Waals surface area (Å²) in [5, 5.41) is 7.54. The van der Waals surface area contributed by atoms with Gasteiger partial charge >= 0.3 is 10.3 Å². The minimum atomic E-state index is -4.76. The Morgan fingerprint density at radius 1 is 1.56 bits per heavy atom. The lowest BCUT2D eigenvalue weighted by Gasteiger charge is -2.43. The monoisotopic (exact) mass is 393 g/mol. The highest BCUT2D eigenvalue weighted by atomic mass is 32.2. The third-order valence-electron chi connectivity index (χ3n) is 3.20. The molecular formula is C11H15N5O7S2. The van der Waals surface area contributed by atoms with Crippen molar-refractivity contribution in [2.75, 3.05) is 26.6 Å². The third kappa shape index (κ3) is 3.87. The van der Waals surface area contributed by atoms with E-state index in [-0.39, 0.29) is 27.4 Å². The maximum absolute atomic E-state index is 12.4. The highest BCUT2D eigenvalue weighted by molar-refractivity contribution is 7.84. The first kappa shape index (κ1) is 19.0. The van der Waals surface area contributed by atoms with Crippen molar-refractivity contribution < 1.29 is 32.1 Å². The van der Waals surface area contributed by atoms with Crippen LogP contribution in [0.5, 0.6) is 0 Å². The molecule has 0 spiro atoms. The highest BCUT2D eigenvalue weighted by Crippen LogP contribution is 2.24. The van der Waals surface area contributed by atoms with Crippen molar-refractivity contribution in [2.24, 2.45) is 5.16 Å². The minimum Gasteiger partial charge on any atom is -0.398 e. The standard InChI is InChI=1S/C11H15N5O7S2/c1-22-3-6-8(10(18)16(6)25(19,20)21)14-9(17)7(15-23-2)5-4-24-11(12)13-5/h4,6,8H,3H2,1-2H3,(H2,12,13)(H,14,17)(H,19,20,21)/b15-7-/t6-,8+/m1/s1. The average molecular weight is 393 g/mol. The average Bonchev–Trinajstić information content (AvgIpc) is 2.94. The Labute approximate surface area is 146 Å². The van der Waals surface area contributed by atoms with Gasteiger partial charge in [-0.05, 0) is 0 Å². The van der Waals surface area contributed by atoms with Gasteiger partial charge in [-0.2, -0.15) is 8.42 Å². The van der Waals surface area contributed by atoms with Gasteiger partial charge in [0.2, 0.25) is 0 Å². The summed E-state index contributed by atoms with van der Waals surface area (Å²) in [6.45, 7) is -0.225. The molecule has 1 fully saturated rings. The number of nitrogens with zero attached hydrogens (tertiary/aromatic N) is 3. The number of anilines is 1. The van der Waals surface area contributed by atoms with Crippen molar-refractivity contribution in [1.82, 2.24) is 14.6 Å². The van der Waals surface area contributed by atoms with Crippen LogP contribution in [0, 0.1) is 0 Å². The Morgan fingerprint density at radius 3 is 2.72 bits per heavy atom. The molecule has 1 aromatic heterocycles. The summed E-state index contributed by atoms with van der Waals surface area (Å²) in [6, 6.07) is -2.33. The van der Waals surface area contributed by atoms with E-state index in [2.05, 4.69) is 20.3 Å². The SMILES string of the molecule is COC[C@@H]1[C@H](NC(=O)/C(=N\OC)c2csc(N)n2)C(=O)N1S(=O)(=O)O. The van der Waals surface area contributed by atoms with Crippen LogP contribution in [-0.2, 0) is 29.5 Å². The number of nitrogens with one attached hydrogen (secondary N) is 1. The second-order valence-corrected chi connectivity index (χ2v) is 6.96. The molecule has 0 aromatic carbocycles. The number of carbonyl (C=O) groups excluding carboxylic acids is 2. The quantitative estimate of drug-likeness (QED) is 0.209. The Morgan fingerprint density at radius 2 is 2.24 bits per heavy atom. The van der Waals surface area contributed by atoms with Gasteiger partial charge in [-0.1, -0.05) is 5.16 Å². The Hall–Kier alpha value is -2.29. The maximum atomic E-state index is 12.4. The molecule has 2 rings (SSSR count). The fourth-order valence-electron chi connectivity index (χ4n) is 2.20. The molecule has 1 aromatic rings. The van der Waals surface area contributed by atoms with Gasteiger partial charge in [-0.25, -0.2) is 9.29 Å². The van der Waals surface area contributed by atoms with Gasteiger partial charge < -0.3 is 20.6 Å². The second kappa shape index (κ2) is 7.30. The van der Waals surface area contributed by atoms with Gasteiger partial charge in [-0.15, -0.1) is 11.3 Å². The molecule has 0 radical (unpaired) electrons. The number of carbonyl (C=O) groups is 2. The van der Waals surface area contributed by atoms with E-state index in [1.165, 1.54) is 19.6 Å². The van der Waals surface area contributed by atoms with Crippen LogP contribution >= 0.6 is 11.3 Å². The summed E-state index contributed by atoms with van der Waals surface area (Å²) in [5.41, 5.74) is 5.39. The smallest absolute Gasteiger partial charge is 0.362 e. The molecule has 1 saturated heterocycles. The van der Waals surface area contributed by atoms with Gasteiger partial charge in [0.1, 0.15) is 24.9 Å². The number of aromatic nitrogens is 1. The number of methoxy groups -OCH3 is 1. The minimum absolute atomic E-state index is 0.128. The van der Waals surface area contributed by atoms with Crippen molar-refractivity contribution in [3.05, 3.63) is 11.1 Å². The molecular weight excluding hydrogens is 378 g/mol. The molecule has 2 atom stereocenters. The lowest BCUT2D eigenvalue weighted by Crippen LogP contribution is -2.73. The third-order valence-corrected chi connectivity index (χ3v) is 4.83. The summed E-state index contributed by atoms with van der Waals surface area (Å²) < 4.78 is 36.6. The molecule has 1 aliphatic rings. The predicted octanol–water partition coefficient (Wildman–Crippen LogP) is -1.78. The Balaban J connectivity index is 2.20. The van der Waals surface area contributed by atoms with Crippen LogP contribution in [0.2, 0.25) is 0 Å². The molecule has 14 heteroatoms. The van der Waals surface area contributed by atoms with E-state index in [1.807, 2.05) is 0 Å². The van der Waals surface area contributed by atoms with Crippen LogP contribution in [0.1, 0.15) is 5.69 Å². The lowest BCUT2D eigenvalue weighted by atomic mass is 9.99. The number of oxime groups is 1. The molecule has 12 nitrogen and oxygen atoms in total. The van der Waals surface area contributed by atoms with Gasteiger partial charge in [0.05, 0.1) is 6.61 Å². The number of hydrogen-bond donors (Lipinski definition) is 3. The molecule has 25 heavy (non-hydrogen) atoms. The van der Waals surface area contributed by atoms with E-state index in [0.29, 0.717) is 0 Å². The normalized spacial score (nSPS) is 21.0. The van der Waals surface area contributed by atoms with E-state index in [4.69, 9.17) is 15.0 Å². The molecule has 1 aliphatic heterocycles. The number of rotatable bonds is 7. The van der Waals surface area contributed by atoms with Crippen molar-refractivity contribution >= 4 is 44.3 Å². The first-order valence-corrected chi connectivity index (χ1v) is 8.91. The molecule has 0 aliphatic carbocycles. The van der Waals surface area contributed by atoms with Crippen molar-refractivity contribution in [3.8, 4) is 0 Å². The van der Waals surface area contributed by atoms with E-state index in [0.717, 1.165) is 11.3 Å². The van der Waals surface area contributed by atoms with Gasteiger partial charge in [0, 0.05) is 12.5 Å². The fourth-order valence-corrected chi connectivity index (χ4v) is 3.61. The molecule has 2 heterocycles. The van der Waals surface area contributed by atoms with Crippen molar-refractivity contribution in [3.63, 3.8) is 0 Å². The van der Waals surface area contributed by atoms with Crippen LogP contribution in [-0.4, -0.2) is 72.7 Å². The largest absolute Gasteiger partial charge is 0.398 e. The topological polar surface area (TPSA) is 174 Å². The van der Waals surface area contributed by atoms with E-state index in [9.17, 15) is 18.0 Å². The first-order chi connectivity index (χ1) is 11.7. The fraction of sp³-hybridized carbons (Fsp3) is 0.455. The Bertz CT molecular complexity index is 805. The van der Waals surface area contributed by atoms with Crippen molar-refractivity contribution in [2.45, 2.75) is 12.1 Å². The summed E-state index contributed by atoms with van der Waals surface area (Å²) in [5.74, 6) is -1.84. The number of nitrogen functional groups attached to an aromatic ring is 1. The van der Waals surface area contributed by atoms with E-state index >= 15 is 0 Å². The zero-order chi connectivity index (χ0) is 18.8.